The molecule has 1 aromatic rings. The molecule has 1 rings (SSSR count). The standard InChI is InChI=1S/C18H32N4O3S/c1-7-19-15(21-13-18(5,24)14-8-11-26-12-14)20-9-10-22(6)16(23)25-17(2,3)4/h8,11-12,24H,7,9-10,13H2,1-6H3,(H2,19,20,21). The van der Waals surface area contributed by atoms with E-state index in [0.717, 1.165) is 5.56 Å². The van der Waals surface area contributed by atoms with Gasteiger partial charge in [0.2, 0.25) is 0 Å². The highest BCUT2D eigenvalue weighted by Gasteiger charge is 2.23. The Bertz CT molecular complexity index is 580. The summed E-state index contributed by atoms with van der Waals surface area (Å²) < 4.78 is 5.32. The molecule has 3 N–H and O–H groups in total. The molecule has 0 fully saturated rings. The molecule has 7 nitrogen and oxygen atoms in total. The van der Waals surface area contributed by atoms with Crippen molar-refractivity contribution in [2.45, 2.75) is 45.8 Å². The molecule has 0 aliphatic heterocycles. The number of nitrogens with zero attached hydrogens (tertiary/aromatic N) is 2. The van der Waals surface area contributed by atoms with Gasteiger partial charge in [-0.05, 0) is 57.0 Å². The first-order valence-electron chi connectivity index (χ1n) is 8.76. The van der Waals surface area contributed by atoms with Crippen LogP contribution in [0.2, 0.25) is 0 Å². The van der Waals surface area contributed by atoms with E-state index in [1.165, 1.54) is 4.90 Å². The van der Waals surface area contributed by atoms with Gasteiger partial charge in [-0.2, -0.15) is 11.3 Å². The maximum Gasteiger partial charge on any atom is 0.410 e. The summed E-state index contributed by atoms with van der Waals surface area (Å²) in [6.45, 7) is 11.2. The fourth-order valence-corrected chi connectivity index (χ4v) is 2.79. The minimum absolute atomic E-state index is 0.237. The van der Waals surface area contributed by atoms with Crippen LogP contribution in [0.1, 0.15) is 40.2 Å². The Morgan fingerprint density at radius 2 is 2.04 bits per heavy atom. The number of guanidine groups is 1. The lowest BCUT2D eigenvalue weighted by Gasteiger charge is -2.25. The molecule has 0 aromatic carbocycles. The van der Waals surface area contributed by atoms with E-state index in [4.69, 9.17) is 4.74 Å². The van der Waals surface area contributed by atoms with E-state index in [0.29, 0.717) is 25.6 Å². The van der Waals surface area contributed by atoms with Crippen LogP contribution in [-0.2, 0) is 10.3 Å². The summed E-state index contributed by atoms with van der Waals surface area (Å²) in [5, 5.41) is 20.7. The van der Waals surface area contributed by atoms with E-state index in [2.05, 4.69) is 15.6 Å². The highest BCUT2D eigenvalue weighted by atomic mass is 32.1. The van der Waals surface area contributed by atoms with Crippen molar-refractivity contribution in [1.29, 1.82) is 0 Å². The zero-order chi connectivity index (χ0) is 19.8. The second kappa shape index (κ2) is 9.78. The number of ether oxygens (including phenoxy) is 1. The summed E-state index contributed by atoms with van der Waals surface area (Å²) in [6, 6.07) is 1.90. The summed E-state index contributed by atoms with van der Waals surface area (Å²) in [6.07, 6.45) is -0.360. The van der Waals surface area contributed by atoms with Gasteiger partial charge >= 0.3 is 6.09 Å². The third-order valence-electron chi connectivity index (χ3n) is 3.48. The Morgan fingerprint density at radius 3 is 2.58 bits per heavy atom. The molecule has 8 heteroatoms. The number of hydrogen-bond acceptors (Lipinski definition) is 5. The molecule has 0 spiro atoms. The second-order valence-corrected chi connectivity index (χ2v) is 8.09. The summed E-state index contributed by atoms with van der Waals surface area (Å²) in [5.74, 6) is 0.598. The van der Waals surface area contributed by atoms with Crippen molar-refractivity contribution >= 4 is 23.4 Å². The van der Waals surface area contributed by atoms with Crippen LogP contribution in [0.3, 0.4) is 0 Å². The van der Waals surface area contributed by atoms with Gasteiger partial charge < -0.3 is 25.4 Å². The number of nitrogens with one attached hydrogen (secondary N) is 2. The van der Waals surface area contributed by atoms with Gasteiger partial charge in [-0.3, -0.25) is 0 Å². The molecule has 0 radical (unpaired) electrons. The SMILES string of the molecule is CCNC(=NCC(C)(O)c1ccsc1)NCCN(C)C(=O)OC(C)(C)C. The molecule has 1 amide bonds. The van der Waals surface area contributed by atoms with Crippen molar-refractivity contribution in [3.8, 4) is 0 Å². The van der Waals surface area contributed by atoms with Gasteiger partial charge in [-0.15, -0.1) is 0 Å². The Labute approximate surface area is 160 Å². The number of amides is 1. The highest BCUT2D eigenvalue weighted by Crippen LogP contribution is 2.23. The van der Waals surface area contributed by atoms with Crippen LogP contribution in [-0.4, -0.2) is 60.9 Å². The quantitative estimate of drug-likeness (QED) is 0.496. The van der Waals surface area contributed by atoms with Gasteiger partial charge in [0.25, 0.3) is 0 Å². The van der Waals surface area contributed by atoms with Crippen LogP contribution >= 0.6 is 11.3 Å². The van der Waals surface area contributed by atoms with Gasteiger partial charge in [0.15, 0.2) is 5.96 Å². The van der Waals surface area contributed by atoms with Crippen molar-refractivity contribution in [1.82, 2.24) is 15.5 Å². The van der Waals surface area contributed by atoms with Crippen molar-refractivity contribution in [2.24, 2.45) is 4.99 Å². The van der Waals surface area contributed by atoms with Crippen molar-refractivity contribution in [3.05, 3.63) is 22.4 Å². The number of likely N-dealkylation sites (N-methyl/N-ethyl adjacent to an activating group) is 1. The number of aliphatic imine (C=N–C) groups is 1. The average molecular weight is 385 g/mol. The summed E-state index contributed by atoms with van der Waals surface area (Å²) in [5.41, 5.74) is -0.676. The molecule has 148 valence electrons. The fourth-order valence-electron chi connectivity index (χ4n) is 2.01. The first kappa shape index (κ1) is 22.2. The monoisotopic (exact) mass is 384 g/mol. The van der Waals surface area contributed by atoms with Crippen LogP contribution in [0.25, 0.3) is 0 Å². The first-order valence-corrected chi connectivity index (χ1v) is 9.71. The van der Waals surface area contributed by atoms with Crippen LogP contribution < -0.4 is 10.6 Å². The number of carbonyl (C=O) groups excluding carboxylic acids is 1. The van der Waals surface area contributed by atoms with Gasteiger partial charge in [0, 0.05) is 26.7 Å². The zero-order valence-corrected chi connectivity index (χ0v) is 17.4. The lowest BCUT2D eigenvalue weighted by Crippen LogP contribution is -2.43. The Kier molecular flexibility index (Phi) is 8.36. The van der Waals surface area contributed by atoms with Crippen molar-refractivity contribution in [3.63, 3.8) is 0 Å². The Balaban J connectivity index is 2.53. The second-order valence-electron chi connectivity index (χ2n) is 7.31. The molecule has 1 atom stereocenters. The maximum absolute atomic E-state index is 11.9. The molecule has 0 saturated heterocycles. The summed E-state index contributed by atoms with van der Waals surface area (Å²) in [4.78, 5) is 17.9. The van der Waals surface area contributed by atoms with E-state index in [9.17, 15) is 9.90 Å². The maximum atomic E-state index is 11.9. The number of carbonyl (C=O) groups is 1. The van der Waals surface area contributed by atoms with Gasteiger partial charge in [-0.1, -0.05) is 0 Å². The lowest BCUT2D eigenvalue weighted by molar-refractivity contribution is 0.0302. The van der Waals surface area contributed by atoms with E-state index >= 15 is 0 Å². The number of rotatable bonds is 7. The van der Waals surface area contributed by atoms with E-state index < -0.39 is 11.2 Å². The first-order chi connectivity index (χ1) is 12.0. The fraction of sp³-hybridized carbons (Fsp3) is 0.667. The molecular weight excluding hydrogens is 352 g/mol. The number of thiophene rings is 1. The van der Waals surface area contributed by atoms with E-state index in [1.54, 1.807) is 25.3 Å². The minimum Gasteiger partial charge on any atom is -0.444 e. The highest BCUT2D eigenvalue weighted by molar-refractivity contribution is 7.08. The van der Waals surface area contributed by atoms with Crippen molar-refractivity contribution < 1.29 is 14.6 Å². The molecule has 1 aromatic heterocycles. The topological polar surface area (TPSA) is 86.2 Å². The predicted octanol–water partition coefficient (Wildman–Crippen LogP) is 2.38. The number of hydrogen-bond donors (Lipinski definition) is 3. The predicted molar refractivity (Wildman–Crippen MR) is 107 cm³/mol. The lowest BCUT2D eigenvalue weighted by atomic mass is 10.00. The van der Waals surface area contributed by atoms with Gasteiger partial charge in [0.1, 0.15) is 11.2 Å². The van der Waals surface area contributed by atoms with E-state index in [-0.39, 0.29) is 12.6 Å². The third-order valence-corrected chi connectivity index (χ3v) is 4.16. The summed E-state index contributed by atoms with van der Waals surface area (Å²) in [7, 11) is 1.70. The molecule has 0 bridgehead atoms. The Hall–Kier alpha value is -1.80. The van der Waals surface area contributed by atoms with E-state index in [1.807, 2.05) is 44.5 Å². The molecular formula is C18H32N4O3S. The molecule has 26 heavy (non-hydrogen) atoms. The van der Waals surface area contributed by atoms with Crippen molar-refractivity contribution in [2.75, 3.05) is 33.2 Å². The minimum atomic E-state index is -1.02. The third kappa shape index (κ3) is 8.05. The largest absolute Gasteiger partial charge is 0.444 e. The van der Waals surface area contributed by atoms with Crippen LogP contribution in [0.15, 0.2) is 21.8 Å². The molecule has 0 aliphatic rings. The van der Waals surface area contributed by atoms with Crippen LogP contribution in [0.5, 0.6) is 0 Å². The zero-order valence-electron chi connectivity index (χ0n) is 16.6. The molecule has 0 saturated carbocycles. The smallest absolute Gasteiger partial charge is 0.410 e. The van der Waals surface area contributed by atoms with Crippen LogP contribution in [0.4, 0.5) is 4.79 Å². The Morgan fingerprint density at radius 1 is 1.35 bits per heavy atom. The number of aliphatic hydroxyl groups is 1. The van der Waals surface area contributed by atoms with Crippen LogP contribution in [0, 0.1) is 0 Å². The summed E-state index contributed by atoms with van der Waals surface area (Å²) >= 11 is 1.55. The van der Waals surface area contributed by atoms with Gasteiger partial charge in [0.05, 0.1) is 6.54 Å². The average Bonchev–Trinajstić information content (AvgIpc) is 3.06. The molecule has 1 unspecified atom stereocenters. The molecule has 1 heterocycles. The van der Waals surface area contributed by atoms with Gasteiger partial charge in [-0.25, -0.2) is 9.79 Å². The normalized spacial score (nSPS) is 14.5. The molecule has 0 aliphatic carbocycles.